The summed E-state index contributed by atoms with van der Waals surface area (Å²) in [5, 5.41) is 8.57. The number of carbonyl (C=O) groups is 3. The van der Waals surface area contributed by atoms with Crippen molar-refractivity contribution < 1.29 is 19.1 Å². The molecule has 9 nitrogen and oxygen atoms in total. The van der Waals surface area contributed by atoms with Gasteiger partial charge in [0.15, 0.2) is 0 Å². The molecular formula is C28H39N5O4. The van der Waals surface area contributed by atoms with E-state index in [1.807, 2.05) is 45.0 Å². The van der Waals surface area contributed by atoms with Crippen molar-refractivity contribution in [3.05, 3.63) is 53.9 Å². The number of benzene rings is 1. The molecule has 1 aliphatic heterocycles. The molecule has 0 bridgehead atoms. The summed E-state index contributed by atoms with van der Waals surface area (Å²) in [6.07, 6.45) is 2.51. The van der Waals surface area contributed by atoms with Crippen LogP contribution in [-0.4, -0.2) is 52.0 Å². The maximum Gasteiger partial charge on any atom is 0.412 e. The van der Waals surface area contributed by atoms with E-state index in [1.54, 1.807) is 32.9 Å². The molecule has 3 rings (SSSR count). The maximum atomic E-state index is 12.7. The van der Waals surface area contributed by atoms with Crippen molar-refractivity contribution in [2.45, 2.75) is 72.1 Å². The van der Waals surface area contributed by atoms with E-state index in [1.165, 1.54) is 6.20 Å². The van der Waals surface area contributed by atoms with Crippen LogP contribution in [0.4, 0.5) is 16.2 Å². The third kappa shape index (κ3) is 9.49. The Morgan fingerprint density at radius 3 is 2.27 bits per heavy atom. The van der Waals surface area contributed by atoms with Crippen molar-refractivity contribution in [1.82, 2.24) is 15.2 Å². The van der Waals surface area contributed by atoms with Gasteiger partial charge in [-0.3, -0.25) is 19.8 Å². The average Bonchev–Trinajstić information content (AvgIpc) is 2.78. The van der Waals surface area contributed by atoms with Crippen LogP contribution in [0.5, 0.6) is 0 Å². The van der Waals surface area contributed by atoms with E-state index in [0.29, 0.717) is 11.4 Å². The summed E-state index contributed by atoms with van der Waals surface area (Å²) in [5.74, 6) is -0.148. The summed E-state index contributed by atoms with van der Waals surface area (Å²) in [4.78, 5) is 43.6. The highest BCUT2D eigenvalue weighted by atomic mass is 16.6. The topological polar surface area (TPSA) is 113 Å². The van der Waals surface area contributed by atoms with Gasteiger partial charge in [-0.2, -0.15) is 0 Å². The van der Waals surface area contributed by atoms with Crippen LogP contribution in [0.25, 0.3) is 0 Å². The predicted molar refractivity (Wildman–Crippen MR) is 144 cm³/mol. The van der Waals surface area contributed by atoms with Crippen LogP contribution in [0.2, 0.25) is 0 Å². The lowest BCUT2D eigenvalue weighted by molar-refractivity contribution is -0.127. The van der Waals surface area contributed by atoms with E-state index in [4.69, 9.17) is 4.74 Å². The second kappa shape index (κ2) is 11.7. The van der Waals surface area contributed by atoms with E-state index < -0.39 is 11.7 Å². The Kier molecular flexibility index (Phi) is 8.91. The number of anilines is 2. The van der Waals surface area contributed by atoms with E-state index in [-0.39, 0.29) is 29.0 Å². The standard InChI is InChI=1S/C28H39N5O4/c1-27(2,3)32-24(34)20-12-14-33(15-13-20)18-19-8-7-9-21(16-19)30-25(35)23-11-10-22(17-29-23)31-26(36)37-28(4,5)6/h7-11,16-17,20H,12-15,18H2,1-6H3,(H,30,35)(H,31,36)(H,32,34). The molecule has 3 amide bonds. The molecule has 0 saturated carbocycles. The van der Waals surface area contributed by atoms with Gasteiger partial charge in [0.05, 0.1) is 11.9 Å². The minimum Gasteiger partial charge on any atom is -0.444 e. The molecule has 3 N–H and O–H groups in total. The molecule has 200 valence electrons. The normalized spacial score (nSPS) is 15.1. The number of hydrogen-bond acceptors (Lipinski definition) is 6. The van der Waals surface area contributed by atoms with Gasteiger partial charge in [0.25, 0.3) is 5.91 Å². The first kappa shape index (κ1) is 28.1. The molecule has 1 aromatic carbocycles. The molecule has 0 spiro atoms. The second-order valence-corrected chi connectivity index (χ2v) is 11.5. The highest BCUT2D eigenvalue weighted by Gasteiger charge is 2.27. The van der Waals surface area contributed by atoms with Gasteiger partial charge >= 0.3 is 6.09 Å². The molecule has 0 atom stereocenters. The van der Waals surface area contributed by atoms with Crippen LogP contribution >= 0.6 is 0 Å². The van der Waals surface area contributed by atoms with Crippen LogP contribution < -0.4 is 16.0 Å². The zero-order valence-corrected chi connectivity index (χ0v) is 22.7. The van der Waals surface area contributed by atoms with Gasteiger partial charge in [0.2, 0.25) is 5.91 Å². The molecule has 1 saturated heterocycles. The average molecular weight is 510 g/mol. The first-order valence-corrected chi connectivity index (χ1v) is 12.7. The number of amides is 3. The molecular weight excluding hydrogens is 470 g/mol. The van der Waals surface area contributed by atoms with E-state index in [9.17, 15) is 14.4 Å². The Morgan fingerprint density at radius 2 is 1.68 bits per heavy atom. The summed E-state index contributed by atoms with van der Waals surface area (Å²) in [6, 6.07) is 10.9. The fraction of sp³-hybridized carbons (Fsp3) is 0.500. The fourth-order valence-electron chi connectivity index (χ4n) is 4.05. The Hall–Kier alpha value is -3.46. The predicted octanol–water partition coefficient (Wildman–Crippen LogP) is 4.81. The number of aromatic nitrogens is 1. The number of nitrogens with zero attached hydrogens (tertiary/aromatic N) is 2. The molecule has 0 aliphatic carbocycles. The number of rotatable bonds is 6. The molecule has 37 heavy (non-hydrogen) atoms. The fourth-order valence-corrected chi connectivity index (χ4v) is 4.05. The Labute approximate surface area is 219 Å². The largest absolute Gasteiger partial charge is 0.444 e. The third-order valence-corrected chi connectivity index (χ3v) is 5.69. The van der Waals surface area contributed by atoms with Gasteiger partial charge in [-0.15, -0.1) is 0 Å². The zero-order valence-electron chi connectivity index (χ0n) is 22.7. The number of piperidine rings is 1. The van der Waals surface area contributed by atoms with Gasteiger partial charge in [0.1, 0.15) is 11.3 Å². The molecule has 0 unspecified atom stereocenters. The summed E-state index contributed by atoms with van der Waals surface area (Å²) in [7, 11) is 0. The Bertz CT molecular complexity index is 1090. The summed E-state index contributed by atoms with van der Waals surface area (Å²) >= 11 is 0. The van der Waals surface area contributed by atoms with Crippen molar-refractivity contribution in [2.24, 2.45) is 5.92 Å². The molecule has 1 aromatic heterocycles. The van der Waals surface area contributed by atoms with Crippen molar-refractivity contribution in [1.29, 1.82) is 0 Å². The third-order valence-electron chi connectivity index (χ3n) is 5.69. The van der Waals surface area contributed by atoms with Crippen LogP contribution in [0.1, 0.15) is 70.4 Å². The monoisotopic (exact) mass is 509 g/mol. The summed E-state index contributed by atoms with van der Waals surface area (Å²) in [6.45, 7) is 13.8. The summed E-state index contributed by atoms with van der Waals surface area (Å²) in [5.41, 5.74) is 1.61. The van der Waals surface area contributed by atoms with Crippen molar-refractivity contribution in [2.75, 3.05) is 23.7 Å². The Balaban J connectivity index is 1.51. The molecule has 2 heterocycles. The van der Waals surface area contributed by atoms with Gasteiger partial charge in [-0.25, -0.2) is 9.78 Å². The van der Waals surface area contributed by atoms with Crippen LogP contribution in [0.15, 0.2) is 42.6 Å². The first-order valence-electron chi connectivity index (χ1n) is 12.7. The smallest absolute Gasteiger partial charge is 0.412 e. The number of pyridine rings is 1. The number of likely N-dealkylation sites (tertiary alicyclic amines) is 1. The van der Waals surface area contributed by atoms with Gasteiger partial charge in [-0.1, -0.05) is 12.1 Å². The van der Waals surface area contributed by atoms with E-state index >= 15 is 0 Å². The summed E-state index contributed by atoms with van der Waals surface area (Å²) < 4.78 is 5.22. The van der Waals surface area contributed by atoms with Crippen molar-refractivity contribution in [3.8, 4) is 0 Å². The highest BCUT2D eigenvalue weighted by Crippen LogP contribution is 2.21. The van der Waals surface area contributed by atoms with Gasteiger partial charge in [-0.05, 0) is 97.3 Å². The Morgan fingerprint density at radius 1 is 0.973 bits per heavy atom. The maximum absolute atomic E-state index is 12.7. The van der Waals surface area contributed by atoms with E-state index in [0.717, 1.165) is 38.0 Å². The molecule has 0 radical (unpaired) electrons. The zero-order chi connectivity index (χ0) is 27.2. The SMILES string of the molecule is CC(C)(C)NC(=O)C1CCN(Cc2cccc(NC(=O)c3ccc(NC(=O)OC(C)(C)C)cn3)c2)CC1. The van der Waals surface area contributed by atoms with Gasteiger partial charge in [0, 0.05) is 23.7 Å². The number of hydrogen-bond donors (Lipinski definition) is 3. The number of carbonyl (C=O) groups excluding carboxylic acids is 3. The van der Waals surface area contributed by atoms with Crippen molar-refractivity contribution >= 4 is 29.3 Å². The van der Waals surface area contributed by atoms with Crippen LogP contribution in [0.3, 0.4) is 0 Å². The number of nitrogens with one attached hydrogen (secondary N) is 3. The minimum absolute atomic E-state index is 0.0549. The van der Waals surface area contributed by atoms with Crippen LogP contribution in [-0.2, 0) is 16.1 Å². The quantitative estimate of drug-likeness (QED) is 0.515. The first-order chi connectivity index (χ1) is 17.3. The second-order valence-electron chi connectivity index (χ2n) is 11.5. The van der Waals surface area contributed by atoms with Gasteiger partial charge < -0.3 is 15.4 Å². The molecule has 1 fully saturated rings. The lowest BCUT2D eigenvalue weighted by Crippen LogP contribution is -2.46. The van der Waals surface area contributed by atoms with E-state index in [2.05, 4.69) is 25.8 Å². The molecule has 9 heteroatoms. The lowest BCUT2D eigenvalue weighted by Gasteiger charge is -2.33. The minimum atomic E-state index is -0.606. The highest BCUT2D eigenvalue weighted by molar-refractivity contribution is 6.03. The number of ether oxygens (including phenoxy) is 1. The van der Waals surface area contributed by atoms with Crippen LogP contribution in [0, 0.1) is 5.92 Å². The molecule has 1 aliphatic rings. The lowest BCUT2D eigenvalue weighted by atomic mass is 9.94. The molecule has 2 aromatic rings. The van der Waals surface area contributed by atoms with Crippen molar-refractivity contribution in [3.63, 3.8) is 0 Å².